The molecule has 0 spiro atoms. The number of hydrogen-bond donors (Lipinski definition) is 0. The standard InChI is InChI=1S/C59H39NO/c1-3-17-40(18-4-1)46-27-15-19-41-20-16-28-51(58(41)46)49-25-9-13-31-55(49)60(45-37-38-57-52(39-45)50-26-10-14-32-56(50)61-57)44-35-33-43(34-36-44)59(42-21-5-2-6-22-42)53-29-11-7-23-47(53)48-24-8-12-30-54(48)59/h1-39H. The molecular formula is C59H39NO. The molecule has 0 saturated carbocycles. The minimum atomic E-state index is -0.485. The molecule has 2 heteroatoms. The van der Waals surface area contributed by atoms with Gasteiger partial charge in [0.2, 0.25) is 0 Å². The highest BCUT2D eigenvalue weighted by atomic mass is 16.3. The van der Waals surface area contributed by atoms with Crippen molar-refractivity contribution in [2.24, 2.45) is 0 Å². The van der Waals surface area contributed by atoms with E-state index in [0.29, 0.717) is 0 Å². The molecule has 11 aromatic rings. The van der Waals surface area contributed by atoms with E-state index in [1.54, 1.807) is 0 Å². The maximum atomic E-state index is 6.36. The summed E-state index contributed by atoms with van der Waals surface area (Å²) in [4.78, 5) is 2.43. The van der Waals surface area contributed by atoms with Gasteiger partial charge in [0.1, 0.15) is 11.2 Å². The fraction of sp³-hybridized carbons (Fsp3) is 0.0169. The van der Waals surface area contributed by atoms with Crippen molar-refractivity contribution in [3.05, 3.63) is 259 Å². The molecule has 10 aromatic carbocycles. The second-order valence-electron chi connectivity index (χ2n) is 16.0. The molecule has 0 saturated heterocycles. The molecule has 0 N–H and O–H groups in total. The zero-order chi connectivity index (χ0) is 40.3. The van der Waals surface area contributed by atoms with E-state index >= 15 is 0 Å². The maximum absolute atomic E-state index is 6.36. The highest BCUT2D eigenvalue weighted by Crippen LogP contribution is 2.56. The lowest BCUT2D eigenvalue weighted by atomic mass is 9.68. The number of anilines is 3. The third kappa shape index (κ3) is 5.43. The largest absolute Gasteiger partial charge is 0.456 e. The van der Waals surface area contributed by atoms with E-state index in [4.69, 9.17) is 4.42 Å². The van der Waals surface area contributed by atoms with Crippen LogP contribution in [0.5, 0.6) is 0 Å². The van der Waals surface area contributed by atoms with Crippen molar-refractivity contribution in [3.8, 4) is 33.4 Å². The van der Waals surface area contributed by atoms with E-state index in [2.05, 4.69) is 229 Å². The molecule has 1 aliphatic rings. The summed E-state index contributed by atoms with van der Waals surface area (Å²) in [5.41, 5.74) is 16.9. The molecule has 286 valence electrons. The van der Waals surface area contributed by atoms with Gasteiger partial charge in [-0.3, -0.25) is 0 Å². The predicted octanol–water partition coefficient (Wildman–Crippen LogP) is 15.9. The molecule has 0 fully saturated rings. The topological polar surface area (TPSA) is 16.4 Å². The van der Waals surface area contributed by atoms with E-state index < -0.39 is 5.41 Å². The van der Waals surface area contributed by atoms with Crippen LogP contribution in [0.15, 0.2) is 241 Å². The third-order valence-corrected chi connectivity index (χ3v) is 12.8. The van der Waals surface area contributed by atoms with E-state index in [-0.39, 0.29) is 0 Å². The van der Waals surface area contributed by atoms with Crippen LogP contribution < -0.4 is 4.90 Å². The smallest absolute Gasteiger partial charge is 0.135 e. The summed E-state index contributed by atoms with van der Waals surface area (Å²) in [7, 11) is 0. The van der Waals surface area contributed by atoms with E-state index in [0.717, 1.165) is 44.6 Å². The van der Waals surface area contributed by atoms with Crippen LogP contribution in [0.25, 0.3) is 66.1 Å². The van der Waals surface area contributed by atoms with Crippen LogP contribution in [-0.2, 0) is 5.41 Å². The van der Waals surface area contributed by atoms with Gasteiger partial charge in [0, 0.05) is 27.7 Å². The Labute approximate surface area is 355 Å². The summed E-state index contributed by atoms with van der Waals surface area (Å²) in [6.45, 7) is 0. The molecule has 0 amide bonds. The zero-order valence-electron chi connectivity index (χ0n) is 33.4. The van der Waals surface area contributed by atoms with Crippen LogP contribution in [0.4, 0.5) is 17.1 Å². The van der Waals surface area contributed by atoms with E-state index in [1.165, 1.54) is 60.8 Å². The Bertz CT molecular complexity index is 3370. The third-order valence-electron chi connectivity index (χ3n) is 12.8. The van der Waals surface area contributed by atoms with Gasteiger partial charge in [-0.1, -0.05) is 194 Å². The summed E-state index contributed by atoms with van der Waals surface area (Å²) >= 11 is 0. The Hall–Kier alpha value is -7.94. The number of benzene rings is 10. The summed E-state index contributed by atoms with van der Waals surface area (Å²) in [5.74, 6) is 0. The molecule has 1 aliphatic carbocycles. The highest BCUT2D eigenvalue weighted by Gasteiger charge is 2.45. The molecule has 0 radical (unpaired) electrons. The monoisotopic (exact) mass is 777 g/mol. The number of furan rings is 1. The van der Waals surface area contributed by atoms with Crippen molar-refractivity contribution in [2.75, 3.05) is 4.90 Å². The Kier molecular flexibility index (Phi) is 8.11. The molecule has 12 rings (SSSR count). The summed E-state index contributed by atoms with van der Waals surface area (Å²) in [6, 6.07) is 86.1. The Morgan fingerprint density at radius 2 is 0.885 bits per heavy atom. The van der Waals surface area contributed by atoms with Crippen LogP contribution in [0, 0.1) is 0 Å². The van der Waals surface area contributed by atoms with Crippen LogP contribution in [0.2, 0.25) is 0 Å². The van der Waals surface area contributed by atoms with Crippen molar-refractivity contribution >= 4 is 49.8 Å². The van der Waals surface area contributed by atoms with Crippen molar-refractivity contribution < 1.29 is 4.42 Å². The van der Waals surface area contributed by atoms with Crippen molar-refractivity contribution in [2.45, 2.75) is 5.41 Å². The summed E-state index contributed by atoms with van der Waals surface area (Å²) < 4.78 is 6.36. The lowest BCUT2D eigenvalue weighted by molar-refractivity contribution is 0.669. The first-order valence-electron chi connectivity index (χ1n) is 21.0. The average Bonchev–Trinajstić information content (AvgIpc) is 3.86. The molecular weight excluding hydrogens is 739 g/mol. The van der Waals surface area contributed by atoms with Gasteiger partial charge in [-0.2, -0.15) is 0 Å². The Balaban J connectivity index is 1.10. The fourth-order valence-electron chi connectivity index (χ4n) is 10.2. The molecule has 1 heterocycles. The van der Waals surface area contributed by atoms with Crippen molar-refractivity contribution in [1.82, 2.24) is 0 Å². The number of para-hydroxylation sites is 2. The minimum absolute atomic E-state index is 0.485. The van der Waals surface area contributed by atoms with Crippen LogP contribution in [-0.4, -0.2) is 0 Å². The van der Waals surface area contributed by atoms with Gasteiger partial charge in [-0.25, -0.2) is 0 Å². The van der Waals surface area contributed by atoms with Crippen molar-refractivity contribution in [3.63, 3.8) is 0 Å². The van der Waals surface area contributed by atoms with Gasteiger partial charge < -0.3 is 9.32 Å². The van der Waals surface area contributed by atoms with Gasteiger partial charge in [0.25, 0.3) is 0 Å². The predicted molar refractivity (Wildman–Crippen MR) is 254 cm³/mol. The van der Waals surface area contributed by atoms with Crippen LogP contribution in [0.3, 0.4) is 0 Å². The van der Waals surface area contributed by atoms with Crippen molar-refractivity contribution in [1.29, 1.82) is 0 Å². The quantitative estimate of drug-likeness (QED) is 0.160. The van der Waals surface area contributed by atoms with Crippen LogP contribution in [0.1, 0.15) is 22.3 Å². The summed E-state index contributed by atoms with van der Waals surface area (Å²) in [6.07, 6.45) is 0. The van der Waals surface area contributed by atoms with E-state index in [1.807, 2.05) is 12.1 Å². The molecule has 0 atom stereocenters. The number of rotatable bonds is 7. The normalized spacial score (nSPS) is 12.7. The molecule has 2 nitrogen and oxygen atoms in total. The number of hydrogen-bond acceptors (Lipinski definition) is 2. The lowest BCUT2D eigenvalue weighted by Crippen LogP contribution is -2.28. The van der Waals surface area contributed by atoms with Gasteiger partial charge in [-0.15, -0.1) is 0 Å². The average molecular weight is 778 g/mol. The van der Waals surface area contributed by atoms with Gasteiger partial charge in [0.15, 0.2) is 0 Å². The molecule has 0 bridgehead atoms. The minimum Gasteiger partial charge on any atom is -0.456 e. The number of nitrogens with zero attached hydrogens (tertiary/aromatic N) is 1. The molecule has 0 unspecified atom stereocenters. The highest BCUT2D eigenvalue weighted by molar-refractivity contribution is 6.10. The second kappa shape index (κ2) is 14.1. The van der Waals surface area contributed by atoms with Gasteiger partial charge in [-0.05, 0) is 103 Å². The van der Waals surface area contributed by atoms with Gasteiger partial charge >= 0.3 is 0 Å². The number of fused-ring (bicyclic) bond motifs is 7. The van der Waals surface area contributed by atoms with E-state index in [9.17, 15) is 0 Å². The van der Waals surface area contributed by atoms with Gasteiger partial charge in [0.05, 0.1) is 11.1 Å². The second-order valence-corrected chi connectivity index (χ2v) is 16.0. The maximum Gasteiger partial charge on any atom is 0.135 e. The Morgan fingerprint density at radius 1 is 0.344 bits per heavy atom. The summed E-state index contributed by atoms with van der Waals surface area (Å²) in [5, 5.41) is 4.64. The first-order valence-corrected chi connectivity index (χ1v) is 21.0. The lowest BCUT2D eigenvalue weighted by Gasteiger charge is -2.34. The zero-order valence-corrected chi connectivity index (χ0v) is 33.4. The molecule has 61 heavy (non-hydrogen) atoms. The first kappa shape index (κ1) is 35.0. The van der Waals surface area contributed by atoms with Crippen LogP contribution >= 0.6 is 0 Å². The molecule has 1 aromatic heterocycles. The fourth-order valence-corrected chi connectivity index (χ4v) is 10.2. The molecule has 0 aliphatic heterocycles. The SMILES string of the molecule is c1ccc(-c2cccc3cccc(-c4ccccc4N(c4ccc(C5(c6ccccc6)c6ccccc6-c6ccccc65)cc4)c4ccc5oc6ccccc6c5c4)c23)cc1. The Morgan fingerprint density at radius 3 is 1.62 bits per heavy atom. The first-order chi connectivity index (χ1) is 30.3.